The van der Waals surface area contributed by atoms with Crippen LogP contribution in [0.3, 0.4) is 0 Å². The molecule has 0 atom stereocenters. The van der Waals surface area contributed by atoms with Crippen molar-refractivity contribution in [1.82, 2.24) is 0 Å². The normalized spacial score (nSPS) is 6.64. The van der Waals surface area contributed by atoms with Crippen LogP contribution in [-0.2, 0) is 50.4 Å². The molecule has 0 unspecified atom stereocenters. The Kier molecular flexibility index (Phi) is 12.7. The second-order valence-electron chi connectivity index (χ2n) is 1.31. The molecule has 0 aliphatic carbocycles. The average Bonchev–Trinajstić information content (AvgIpc) is 1.64. The second kappa shape index (κ2) is 8.10. The van der Waals surface area contributed by atoms with E-state index in [9.17, 15) is 9.59 Å². The quantitative estimate of drug-likeness (QED) is 0.319. The van der Waals surface area contributed by atoms with E-state index in [1.54, 1.807) is 0 Å². The maximum Gasteiger partial charge on any atom is 0.342 e. The third-order valence-corrected chi connectivity index (χ3v) is 0.749. The molecule has 0 aromatic heterocycles. The number of allylic oxidation sites excluding steroid dienone is 1. The number of rotatable bonds is 2. The van der Waals surface area contributed by atoms with Gasteiger partial charge in [-0.15, -0.1) is 0 Å². The Balaban J connectivity index is -0.000000320. The molecule has 0 saturated carbocycles. The summed E-state index contributed by atoms with van der Waals surface area (Å²) in [4.78, 5) is 19.8. The zero-order chi connectivity index (χ0) is 7.44. The van der Waals surface area contributed by atoms with Gasteiger partial charge in [0.1, 0.15) is 5.57 Å². The molecule has 0 rings (SSSR count). The van der Waals surface area contributed by atoms with Crippen molar-refractivity contribution in [2.45, 2.75) is 6.92 Å². The van der Waals surface area contributed by atoms with Gasteiger partial charge in [-0.2, -0.15) is 0 Å². The van der Waals surface area contributed by atoms with Crippen molar-refractivity contribution in [2.75, 3.05) is 0 Å². The molecular weight excluding hydrogens is 496 g/mol. The zero-order valence-electron chi connectivity index (χ0n) is 5.54. The molecule has 4 nitrogen and oxygen atoms in total. The predicted octanol–water partition coefficient (Wildman–Crippen LogP) is 0.0969. The van der Waals surface area contributed by atoms with Gasteiger partial charge in [0.15, 0.2) is 0 Å². The Labute approximate surface area is 91.0 Å². The van der Waals surface area contributed by atoms with Gasteiger partial charge in [-0.25, -0.2) is 9.59 Å². The smallest absolute Gasteiger partial charge is 0.342 e. The Hall–Kier alpha value is 0.00468. The summed E-state index contributed by atoms with van der Waals surface area (Å²) in [7, 11) is 0. The summed E-state index contributed by atoms with van der Waals surface area (Å²) in [6, 6.07) is 0. The fourth-order valence-corrected chi connectivity index (χ4v) is 0.338. The van der Waals surface area contributed by atoms with Crippen molar-refractivity contribution in [2.24, 2.45) is 0 Å². The van der Waals surface area contributed by atoms with Gasteiger partial charge in [-0.3, -0.25) is 0 Å². The summed E-state index contributed by atoms with van der Waals surface area (Å²) in [5.41, 5.74) is -0.602. The van der Waals surface area contributed by atoms with Crippen LogP contribution in [0.1, 0.15) is 6.92 Å². The van der Waals surface area contributed by atoms with Crippen LogP contribution in [0.4, 0.5) is 0 Å². The van der Waals surface area contributed by atoms with E-state index < -0.39 is 17.5 Å². The third-order valence-electron chi connectivity index (χ3n) is 0.749. The van der Waals surface area contributed by atoms with Crippen molar-refractivity contribution >= 4 is 11.9 Å². The minimum absolute atomic E-state index is 0. The first kappa shape index (κ1) is 17.2. The van der Waals surface area contributed by atoms with Crippen LogP contribution in [0, 0.1) is 0 Å². The summed E-state index contributed by atoms with van der Waals surface area (Å²) in [6.45, 7) is 1.36. The van der Waals surface area contributed by atoms with Gasteiger partial charge in [-0.1, -0.05) is 6.08 Å². The number of carboxylic acid groups (broad SMARTS) is 2. The molecular formula is C5H6O4Re2. The molecule has 0 saturated heterocycles. The first-order valence-electron chi connectivity index (χ1n) is 2.22. The van der Waals surface area contributed by atoms with Crippen molar-refractivity contribution in [3.05, 3.63) is 11.6 Å². The summed E-state index contributed by atoms with van der Waals surface area (Å²) in [6.07, 6.45) is 1.03. The monoisotopic (exact) mass is 504 g/mol. The summed E-state index contributed by atoms with van der Waals surface area (Å²) >= 11 is 0. The van der Waals surface area contributed by atoms with Gasteiger partial charge >= 0.3 is 11.9 Å². The zero-order valence-corrected chi connectivity index (χ0v) is 11.0. The largest absolute Gasteiger partial charge is 0.477 e. The van der Waals surface area contributed by atoms with Gasteiger partial charge in [0.05, 0.1) is 0 Å². The van der Waals surface area contributed by atoms with E-state index in [-0.39, 0.29) is 40.8 Å². The molecule has 0 heterocycles. The van der Waals surface area contributed by atoms with Crippen LogP contribution in [-0.4, -0.2) is 22.2 Å². The van der Waals surface area contributed by atoms with Crippen LogP contribution >= 0.6 is 0 Å². The summed E-state index contributed by atoms with van der Waals surface area (Å²) < 4.78 is 0. The van der Waals surface area contributed by atoms with Gasteiger partial charge in [-0.05, 0) is 6.92 Å². The topological polar surface area (TPSA) is 74.6 Å². The molecule has 0 fully saturated rings. The van der Waals surface area contributed by atoms with Crippen molar-refractivity contribution < 1.29 is 60.6 Å². The molecule has 2 radical (unpaired) electrons. The van der Waals surface area contributed by atoms with Gasteiger partial charge in [0, 0.05) is 40.8 Å². The van der Waals surface area contributed by atoms with E-state index in [0.717, 1.165) is 6.08 Å². The third kappa shape index (κ3) is 6.40. The molecule has 11 heavy (non-hydrogen) atoms. The van der Waals surface area contributed by atoms with Crippen LogP contribution < -0.4 is 0 Å². The maximum absolute atomic E-state index is 9.92. The van der Waals surface area contributed by atoms with E-state index >= 15 is 0 Å². The van der Waals surface area contributed by atoms with E-state index in [1.807, 2.05) is 0 Å². The van der Waals surface area contributed by atoms with Gasteiger partial charge in [0.2, 0.25) is 0 Å². The number of aliphatic carboxylic acids is 2. The van der Waals surface area contributed by atoms with Gasteiger partial charge < -0.3 is 10.2 Å². The van der Waals surface area contributed by atoms with Crippen LogP contribution in [0.5, 0.6) is 0 Å². The van der Waals surface area contributed by atoms with Crippen molar-refractivity contribution in [3.8, 4) is 0 Å². The van der Waals surface area contributed by atoms with Crippen LogP contribution in [0.25, 0.3) is 0 Å². The molecule has 0 aromatic carbocycles. The Morgan fingerprint density at radius 2 is 1.36 bits per heavy atom. The van der Waals surface area contributed by atoms with E-state index in [4.69, 9.17) is 10.2 Å². The Morgan fingerprint density at radius 3 is 1.36 bits per heavy atom. The van der Waals surface area contributed by atoms with E-state index in [0.29, 0.717) is 0 Å². The average molecular weight is 503 g/mol. The molecule has 0 bridgehead atoms. The maximum atomic E-state index is 9.92. The SMILES string of the molecule is CC=C(C(=O)O)C(=O)O.[Re].[Re]. The summed E-state index contributed by atoms with van der Waals surface area (Å²) in [5, 5.41) is 16.2. The standard InChI is InChI=1S/C5H6O4.2Re/c1-2-3(4(6)7)5(8)9;;/h2H,1H3,(H,6,7)(H,8,9);;. The second-order valence-corrected chi connectivity index (χ2v) is 1.31. The number of carboxylic acids is 2. The first-order chi connectivity index (χ1) is 4.09. The Morgan fingerprint density at radius 1 is 1.09 bits per heavy atom. The molecule has 0 amide bonds. The van der Waals surface area contributed by atoms with E-state index in [1.165, 1.54) is 6.92 Å². The molecule has 0 spiro atoms. The van der Waals surface area contributed by atoms with E-state index in [2.05, 4.69) is 0 Å². The van der Waals surface area contributed by atoms with Crippen LogP contribution in [0.2, 0.25) is 0 Å². The molecule has 64 valence electrons. The number of hydrogen-bond donors (Lipinski definition) is 2. The fraction of sp³-hybridized carbons (Fsp3) is 0.200. The van der Waals surface area contributed by atoms with Crippen molar-refractivity contribution in [1.29, 1.82) is 0 Å². The molecule has 6 heteroatoms. The molecule has 0 aliphatic heterocycles. The molecule has 0 aliphatic rings. The predicted molar refractivity (Wildman–Crippen MR) is 29.0 cm³/mol. The molecule has 0 aromatic rings. The van der Waals surface area contributed by atoms with Crippen molar-refractivity contribution in [3.63, 3.8) is 0 Å². The number of carbonyl (C=O) groups is 2. The number of hydrogen-bond acceptors (Lipinski definition) is 2. The first-order valence-corrected chi connectivity index (χ1v) is 2.22. The van der Waals surface area contributed by atoms with Gasteiger partial charge in [0.25, 0.3) is 0 Å². The van der Waals surface area contributed by atoms with Crippen LogP contribution in [0.15, 0.2) is 11.6 Å². The minimum atomic E-state index is -1.41. The summed E-state index contributed by atoms with van der Waals surface area (Å²) in [5.74, 6) is -2.82. The minimum Gasteiger partial charge on any atom is -0.477 e. The molecule has 2 N–H and O–H groups in total. The Bertz CT molecular complexity index is 159. The fourth-order valence-electron chi connectivity index (χ4n) is 0.338.